The average Bonchev–Trinajstić information content (AvgIpc) is 2.04. The van der Waals surface area contributed by atoms with Gasteiger partial charge in [-0.15, -0.1) is 0 Å². The molecule has 62 valence electrons. The van der Waals surface area contributed by atoms with Crippen molar-refractivity contribution in [1.82, 2.24) is 0 Å². The van der Waals surface area contributed by atoms with Crippen LogP contribution in [0.3, 0.4) is 0 Å². The van der Waals surface area contributed by atoms with E-state index in [9.17, 15) is 9.11 Å². The van der Waals surface area contributed by atoms with Crippen LogP contribution in [0.1, 0.15) is 10.4 Å². The van der Waals surface area contributed by atoms with Crippen LogP contribution in [0.2, 0.25) is 6.82 Å². The molecular weight excluding hydrogens is 158 g/mol. The van der Waals surface area contributed by atoms with Crippen LogP contribution in [-0.2, 0) is 0 Å². The molecule has 0 saturated heterocycles. The van der Waals surface area contributed by atoms with Gasteiger partial charge in [-0.1, -0.05) is 12.1 Å². The zero-order chi connectivity index (χ0) is 9.14. The third-order valence-corrected chi connectivity index (χ3v) is 1.62. The summed E-state index contributed by atoms with van der Waals surface area (Å²) in [6, 6.07) is 5.75. The minimum atomic E-state index is -1.05. The van der Waals surface area contributed by atoms with E-state index in [0.717, 1.165) is 0 Å². The Bertz CT molecular complexity index is 282. The Balaban J connectivity index is 2.93. The summed E-state index contributed by atoms with van der Waals surface area (Å²) in [5.41, 5.74) is 0.680. The molecule has 4 heteroatoms. The lowest BCUT2D eigenvalue weighted by Crippen LogP contribution is -2.21. The lowest BCUT2D eigenvalue weighted by Gasteiger charge is -1.98. The van der Waals surface area contributed by atoms with Crippen molar-refractivity contribution < 1.29 is 14.2 Å². The Hall–Kier alpha value is -1.32. The molecule has 0 aliphatic heterocycles. The SMILES string of the molecule is CB(F)c1ccc(C(=O)O)cc1. The fraction of sp³-hybridized carbons (Fsp3) is 0.125. The second kappa shape index (κ2) is 3.39. The van der Waals surface area contributed by atoms with E-state index in [1.54, 1.807) is 0 Å². The van der Waals surface area contributed by atoms with Crippen molar-refractivity contribution in [2.75, 3.05) is 0 Å². The van der Waals surface area contributed by atoms with E-state index in [2.05, 4.69) is 0 Å². The number of rotatable bonds is 2. The monoisotopic (exact) mass is 166 g/mol. The van der Waals surface area contributed by atoms with Crippen LogP contribution in [0.15, 0.2) is 24.3 Å². The maximum atomic E-state index is 12.6. The molecule has 0 unspecified atom stereocenters. The molecule has 0 aromatic heterocycles. The van der Waals surface area contributed by atoms with E-state index in [1.165, 1.54) is 31.1 Å². The number of aromatic carboxylic acids is 1. The lowest BCUT2D eigenvalue weighted by molar-refractivity contribution is 0.0697. The summed E-state index contributed by atoms with van der Waals surface area (Å²) in [5, 5.41) is 8.52. The normalized spacial score (nSPS) is 9.50. The highest BCUT2D eigenvalue weighted by atomic mass is 19.1. The summed E-state index contributed by atoms with van der Waals surface area (Å²) in [5.74, 6) is -0.993. The highest BCUT2D eigenvalue weighted by molar-refractivity contribution is 6.65. The number of hydrogen-bond donors (Lipinski definition) is 1. The molecule has 1 N–H and O–H groups in total. The maximum absolute atomic E-state index is 12.6. The first-order valence-electron chi connectivity index (χ1n) is 3.58. The molecule has 0 fully saturated rings. The Kier molecular flexibility index (Phi) is 2.48. The fourth-order valence-electron chi connectivity index (χ4n) is 0.891. The van der Waals surface area contributed by atoms with Gasteiger partial charge in [0.25, 0.3) is 0 Å². The van der Waals surface area contributed by atoms with Gasteiger partial charge in [0.05, 0.1) is 5.56 Å². The van der Waals surface area contributed by atoms with Gasteiger partial charge in [0.2, 0.25) is 0 Å². The number of carboxylic acid groups (broad SMARTS) is 1. The topological polar surface area (TPSA) is 37.3 Å². The molecule has 0 radical (unpaired) electrons. The molecule has 1 aromatic rings. The highest BCUT2D eigenvalue weighted by Gasteiger charge is 2.09. The average molecular weight is 166 g/mol. The van der Waals surface area contributed by atoms with E-state index in [1.807, 2.05) is 0 Å². The van der Waals surface area contributed by atoms with Crippen molar-refractivity contribution in [2.45, 2.75) is 6.82 Å². The van der Waals surface area contributed by atoms with Gasteiger partial charge in [-0.2, -0.15) is 0 Å². The quantitative estimate of drug-likeness (QED) is 0.669. The smallest absolute Gasteiger partial charge is 0.377 e. The van der Waals surface area contributed by atoms with Crippen LogP contribution in [0.4, 0.5) is 4.32 Å². The Morgan fingerprint density at radius 2 is 1.92 bits per heavy atom. The number of hydrogen-bond acceptors (Lipinski definition) is 1. The third-order valence-electron chi connectivity index (χ3n) is 1.62. The molecule has 0 spiro atoms. The maximum Gasteiger partial charge on any atom is 0.377 e. The largest absolute Gasteiger partial charge is 0.478 e. The molecule has 0 amide bonds. The summed E-state index contributed by atoms with van der Waals surface area (Å²) >= 11 is 0. The van der Waals surface area contributed by atoms with Crippen LogP contribution in [0.5, 0.6) is 0 Å². The van der Waals surface area contributed by atoms with Gasteiger partial charge in [0, 0.05) is 0 Å². The van der Waals surface area contributed by atoms with Crippen molar-refractivity contribution in [2.24, 2.45) is 0 Å². The molecule has 2 nitrogen and oxygen atoms in total. The van der Waals surface area contributed by atoms with E-state index in [4.69, 9.17) is 5.11 Å². The Morgan fingerprint density at radius 1 is 1.42 bits per heavy atom. The molecule has 0 atom stereocenters. The summed E-state index contributed by atoms with van der Waals surface area (Å²) in [6.07, 6.45) is 0. The zero-order valence-corrected chi connectivity index (χ0v) is 6.62. The van der Waals surface area contributed by atoms with Crippen molar-refractivity contribution >= 4 is 18.4 Å². The fourth-order valence-corrected chi connectivity index (χ4v) is 0.891. The first kappa shape index (κ1) is 8.78. The number of halogens is 1. The number of carboxylic acids is 1. The minimum absolute atomic E-state index is 0.180. The first-order valence-corrected chi connectivity index (χ1v) is 3.58. The van der Waals surface area contributed by atoms with E-state index >= 15 is 0 Å². The number of carbonyl (C=O) groups is 1. The summed E-state index contributed by atoms with van der Waals surface area (Å²) < 4.78 is 12.6. The molecular formula is C8H8BFO2. The van der Waals surface area contributed by atoms with Crippen molar-refractivity contribution in [1.29, 1.82) is 0 Å². The molecule has 1 rings (SSSR count). The molecule has 12 heavy (non-hydrogen) atoms. The summed E-state index contributed by atoms with van der Waals surface area (Å²) in [7, 11) is 0. The van der Waals surface area contributed by atoms with Crippen LogP contribution in [-0.4, -0.2) is 18.1 Å². The van der Waals surface area contributed by atoms with Crippen molar-refractivity contribution in [3.05, 3.63) is 29.8 Å². The molecule has 0 bridgehead atoms. The van der Waals surface area contributed by atoms with Gasteiger partial charge in [-0.05, 0) is 24.4 Å². The van der Waals surface area contributed by atoms with Crippen molar-refractivity contribution in [3.63, 3.8) is 0 Å². The molecule has 0 aliphatic rings. The lowest BCUT2D eigenvalue weighted by atomic mass is 9.67. The second-order valence-electron chi connectivity index (χ2n) is 2.54. The Morgan fingerprint density at radius 3 is 2.25 bits per heavy atom. The molecule has 1 aromatic carbocycles. The third kappa shape index (κ3) is 1.84. The first-order chi connectivity index (χ1) is 5.61. The summed E-state index contributed by atoms with van der Waals surface area (Å²) in [4.78, 5) is 10.4. The molecule has 0 saturated carbocycles. The highest BCUT2D eigenvalue weighted by Crippen LogP contribution is 1.97. The van der Waals surface area contributed by atoms with Crippen LogP contribution in [0.25, 0.3) is 0 Å². The number of benzene rings is 1. The zero-order valence-electron chi connectivity index (χ0n) is 6.62. The molecule has 0 aliphatic carbocycles. The van der Waals surface area contributed by atoms with Crippen LogP contribution in [0, 0.1) is 0 Å². The van der Waals surface area contributed by atoms with Gasteiger partial charge in [0.1, 0.15) is 0 Å². The van der Waals surface area contributed by atoms with Gasteiger partial charge in [-0.3, -0.25) is 0 Å². The predicted octanol–water partition coefficient (Wildman–Crippen LogP) is 1.18. The van der Waals surface area contributed by atoms with Crippen LogP contribution < -0.4 is 5.46 Å². The summed E-state index contributed by atoms with van der Waals surface area (Å²) in [6.45, 7) is 0.364. The van der Waals surface area contributed by atoms with E-state index in [0.29, 0.717) is 5.46 Å². The van der Waals surface area contributed by atoms with Crippen molar-refractivity contribution in [3.8, 4) is 0 Å². The minimum Gasteiger partial charge on any atom is -0.478 e. The van der Waals surface area contributed by atoms with Gasteiger partial charge in [0.15, 0.2) is 0 Å². The van der Waals surface area contributed by atoms with Crippen LogP contribution >= 0.6 is 0 Å². The van der Waals surface area contributed by atoms with E-state index < -0.39 is 13.0 Å². The molecule has 0 heterocycles. The van der Waals surface area contributed by atoms with Gasteiger partial charge < -0.3 is 9.42 Å². The van der Waals surface area contributed by atoms with Gasteiger partial charge in [-0.25, -0.2) is 4.79 Å². The standard InChI is InChI=1S/C8H8BFO2/c1-9(10)7-4-2-6(3-5-7)8(11)12/h2-5H,1H3,(H,11,12). The second-order valence-corrected chi connectivity index (χ2v) is 2.54. The van der Waals surface area contributed by atoms with E-state index in [-0.39, 0.29) is 5.56 Å². The van der Waals surface area contributed by atoms with Gasteiger partial charge >= 0.3 is 13.0 Å². The predicted molar refractivity (Wildman–Crippen MR) is 45.8 cm³/mol. The Labute approximate surface area is 70.2 Å².